The van der Waals surface area contributed by atoms with Crippen LogP contribution in [0.5, 0.6) is 0 Å². The number of nitrogens with one attached hydrogen (secondary N) is 1. The van der Waals surface area contributed by atoms with Gasteiger partial charge >= 0.3 is 5.97 Å². The minimum atomic E-state index is -0.985. The van der Waals surface area contributed by atoms with Gasteiger partial charge in [-0.2, -0.15) is 11.3 Å². The quantitative estimate of drug-likeness (QED) is 0.709. The van der Waals surface area contributed by atoms with Crippen LogP contribution in [-0.4, -0.2) is 46.9 Å². The molecule has 1 aliphatic carbocycles. The van der Waals surface area contributed by atoms with Crippen LogP contribution in [0, 0.1) is 0 Å². The number of hydrogen-bond acceptors (Lipinski definition) is 4. The molecule has 1 fully saturated rings. The van der Waals surface area contributed by atoms with E-state index < -0.39 is 5.97 Å². The van der Waals surface area contributed by atoms with E-state index in [-0.39, 0.29) is 30.8 Å². The Bertz CT molecular complexity index is 511. The van der Waals surface area contributed by atoms with E-state index in [1.165, 1.54) is 16.2 Å². The number of rotatable bonds is 8. The Kier molecular flexibility index (Phi) is 5.32. The third-order valence-corrected chi connectivity index (χ3v) is 3.93. The summed E-state index contributed by atoms with van der Waals surface area (Å²) in [5.41, 5.74) is 0.622. The fraction of sp³-hybridized carbons (Fsp3) is 0.500. The normalized spacial score (nSPS) is 13.7. The molecule has 0 radical (unpaired) electrons. The van der Waals surface area contributed by atoms with Gasteiger partial charge in [-0.25, -0.2) is 0 Å². The molecule has 0 unspecified atom stereocenters. The lowest BCUT2D eigenvalue weighted by atomic mass is 10.2. The van der Waals surface area contributed by atoms with Gasteiger partial charge in [0.15, 0.2) is 0 Å². The second kappa shape index (κ2) is 7.21. The molecule has 0 aromatic carbocycles. The Balaban J connectivity index is 1.68. The maximum atomic E-state index is 12.0. The number of nitrogens with zero attached hydrogens (tertiary/aromatic N) is 1. The summed E-state index contributed by atoms with van der Waals surface area (Å²) in [5.74, 6) is -1.28. The first-order valence-electron chi connectivity index (χ1n) is 6.89. The fourth-order valence-corrected chi connectivity index (χ4v) is 2.67. The minimum Gasteiger partial charge on any atom is -0.480 e. The Labute approximate surface area is 126 Å². The molecule has 2 amide bonds. The molecule has 1 aromatic heterocycles. The van der Waals surface area contributed by atoms with Crippen LogP contribution in [-0.2, 0) is 9.59 Å². The van der Waals surface area contributed by atoms with Crippen LogP contribution in [0.15, 0.2) is 16.8 Å². The average Bonchev–Trinajstić information content (AvgIpc) is 3.13. The molecule has 0 atom stereocenters. The van der Waals surface area contributed by atoms with Crippen molar-refractivity contribution >= 4 is 29.1 Å². The summed E-state index contributed by atoms with van der Waals surface area (Å²) < 4.78 is 0. The van der Waals surface area contributed by atoms with E-state index >= 15 is 0 Å². The number of aliphatic carboxylic acids is 1. The van der Waals surface area contributed by atoms with Crippen molar-refractivity contribution in [3.63, 3.8) is 0 Å². The molecule has 114 valence electrons. The topological polar surface area (TPSA) is 86.7 Å². The van der Waals surface area contributed by atoms with Crippen LogP contribution in [0.2, 0.25) is 0 Å². The van der Waals surface area contributed by atoms with Crippen molar-refractivity contribution in [1.29, 1.82) is 0 Å². The lowest BCUT2D eigenvalue weighted by Gasteiger charge is -2.20. The number of carbonyl (C=O) groups is 3. The molecular formula is C14H18N2O4S. The van der Waals surface area contributed by atoms with Gasteiger partial charge in [-0.3, -0.25) is 14.4 Å². The highest BCUT2D eigenvalue weighted by Crippen LogP contribution is 2.27. The van der Waals surface area contributed by atoms with Crippen LogP contribution in [0.1, 0.15) is 36.0 Å². The lowest BCUT2D eigenvalue weighted by Crippen LogP contribution is -2.37. The van der Waals surface area contributed by atoms with Crippen molar-refractivity contribution in [2.24, 2.45) is 0 Å². The zero-order valence-corrected chi connectivity index (χ0v) is 12.4. The second-order valence-corrected chi connectivity index (χ2v) is 5.80. The van der Waals surface area contributed by atoms with Crippen molar-refractivity contribution in [3.8, 4) is 0 Å². The van der Waals surface area contributed by atoms with Crippen molar-refractivity contribution in [2.45, 2.75) is 31.7 Å². The zero-order chi connectivity index (χ0) is 15.2. The Morgan fingerprint density at radius 2 is 2.14 bits per heavy atom. The molecular weight excluding hydrogens is 292 g/mol. The summed E-state index contributed by atoms with van der Waals surface area (Å²) in [6.45, 7) is 0.177. The van der Waals surface area contributed by atoms with Crippen molar-refractivity contribution in [2.75, 3.05) is 13.1 Å². The van der Waals surface area contributed by atoms with Crippen LogP contribution in [0.25, 0.3) is 0 Å². The first-order chi connectivity index (χ1) is 10.1. The van der Waals surface area contributed by atoms with E-state index in [2.05, 4.69) is 5.32 Å². The van der Waals surface area contributed by atoms with E-state index in [0.717, 1.165) is 12.8 Å². The monoisotopic (exact) mass is 310 g/mol. The van der Waals surface area contributed by atoms with Gasteiger partial charge < -0.3 is 15.3 Å². The molecule has 0 bridgehead atoms. The first-order valence-corrected chi connectivity index (χ1v) is 7.84. The maximum Gasteiger partial charge on any atom is 0.323 e. The third kappa shape index (κ3) is 4.86. The molecule has 1 heterocycles. The van der Waals surface area contributed by atoms with Gasteiger partial charge in [-0.1, -0.05) is 0 Å². The average molecular weight is 310 g/mol. The number of thiophene rings is 1. The summed E-state index contributed by atoms with van der Waals surface area (Å²) >= 11 is 1.45. The molecule has 2 rings (SSSR count). The fourth-order valence-electron chi connectivity index (χ4n) is 2.03. The zero-order valence-electron chi connectivity index (χ0n) is 11.6. The molecule has 1 aliphatic rings. The second-order valence-electron chi connectivity index (χ2n) is 5.02. The van der Waals surface area contributed by atoms with E-state index in [9.17, 15) is 14.4 Å². The van der Waals surface area contributed by atoms with Crippen LogP contribution >= 0.6 is 11.3 Å². The predicted octanol–water partition coefficient (Wildman–Crippen LogP) is 1.33. The van der Waals surface area contributed by atoms with Crippen molar-refractivity contribution < 1.29 is 19.5 Å². The van der Waals surface area contributed by atoms with Crippen molar-refractivity contribution in [3.05, 3.63) is 22.4 Å². The van der Waals surface area contributed by atoms with Crippen LogP contribution in [0.3, 0.4) is 0 Å². The molecule has 0 saturated heterocycles. The van der Waals surface area contributed by atoms with Crippen molar-refractivity contribution in [1.82, 2.24) is 10.2 Å². The van der Waals surface area contributed by atoms with E-state index in [4.69, 9.17) is 5.11 Å². The highest BCUT2D eigenvalue weighted by Gasteiger charge is 2.33. The van der Waals surface area contributed by atoms with Crippen LogP contribution in [0.4, 0.5) is 0 Å². The van der Waals surface area contributed by atoms with E-state index in [1.54, 1.807) is 11.4 Å². The number of carboxylic acid groups (broad SMARTS) is 1. The highest BCUT2D eigenvalue weighted by molar-refractivity contribution is 7.08. The number of carboxylic acids is 1. The molecule has 21 heavy (non-hydrogen) atoms. The van der Waals surface area contributed by atoms with Gasteiger partial charge in [-0.05, 0) is 30.7 Å². The molecule has 6 nitrogen and oxygen atoms in total. The Hall–Kier alpha value is -1.89. The van der Waals surface area contributed by atoms with E-state index in [0.29, 0.717) is 18.5 Å². The highest BCUT2D eigenvalue weighted by atomic mass is 32.1. The molecule has 0 aliphatic heterocycles. The number of carbonyl (C=O) groups excluding carboxylic acids is 2. The third-order valence-electron chi connectivity index (χ3n) is 3.25. The van der Waals surface area contributed by atoms with Gasteiger partial charge in [0.25, 0.3) is 5.91 Å². The summed E-state index contributed by atoms with van der Waals surface area (Å²) in [7, 11) is 0. The summed E-state index contributed by atoms with van der Waals surface area (Å²) in [5, 5.41) is 15.2. The number of hydrogen-bond donors (Lipinski definition) is 2. The molecule has 2 N–H and O–H groups in total. The molecule has 1 aromatic rings. The molecule has 7 heteroatoms. The summed E-state index contributed by atoms with van der Waals surface area (Å²) in [6, 6.07) is 1.83. The molecule has 0 spiro atoms. The SMILES string of the molecule is O=C(O)CN(C(=O)CCCNC(=O)c1ccsc1)C1CC1. The standard InChI is InChI=1S/C14H18N2O4S/c17-12(16(8-13(18)19)11-3-4-11)2-1-6-15-14(20)10-5-7-21-9-10/h5,7,9,11H,1-4,6,8H2,(H,15,20)(H,18,19). The smallest absolute Gasteiger partial charge is 0.323 e. The van der Waals surface area contributed by atoms with Crippen LogP contribution < -0.4 is 5.32 Å². The lowest BCUT2D eigenvalue weighted by molar-refractivity contribution is -0.144. The minimum absolute atomic E-state index is 0.0917. The van der Waals surface area contributed by atoms with Gasteiger partial charge in [0.1, 0.15) is 6.54 Å². The van der Waals surface area contributed by atoms with Gasteiger partial charge in [-0.15, -0.1) is 0 Å². The Morgan fingerprint density at radius 1 is 1.38 bits per heavy atom. The van der Waals surface area contributed by atoms with Gasteiger partial charge in [0, 0.05) is 30.0 Å². The number of amides is 2. The largest absolute Gasteiger partial charge is 0.480 e. The van der Waals surface area contributed by atoms with Gasteiger partial charge in [0.05, 0.1) is 0 Å². The molecule has 1 saturated carbocycles. The Morgan fingerprint density at radius 3 is 2.71 bits per heavy atom. The van der Waals surface area contributed by atoms with Gasteiger partial charge in [0.2, 0.25) is 5.91 Å². The summed E-state index contributed by atoms with van der Waals surface area (Å²) in [4.78, 5) is 35.8. The maximum absolute atomic E-state index is 12.0. The van der Waals surface area contributed by atoms with E-state index in [1.807, 2.05) is 5.38 Å². The predicted molar refractivity (Wildman–Crippen MR) is 78.3 cm³/mol. The first kappa shape index (κ1) is 15.5. The summed E-state index contributed by atoms with van der Waals surface area (Å²) in [6.07, 6.45) is 2.53.